The first-order valence-electron chi connectivity index (χ1n) is 4.94. The van der Waals surface area contributed by atoms with E-state index < -0.39 is 5.91 Å². The Morgan fingerprint density at radius 2 is 2.12 bits per heavy atom. The van der Waals surface area contributed by atoms with Crippen LogP contribution in [-0.2, 0) is 0 Å². The number of nitrogens with one attached hydrogen (secondary N) is 2. The number of anilines is 1. The Kier molecular flexibility index (Phi) is 2.95. The third-order valence-corrected chi connectivity index (χ3v) is 2.06. The molecule has 0 aliphatic carbocycles. The molecule has 0 saturated carbocycles. The van der Waals surface area contributed by atoms with Gasteiger partial charge >= 0.3 is 0 Å². The lowest BCUT2D eigenvalue weighted by Crippen LogP contribution is -2.17. The first-order valence-corrected chi connectivity index (χ1v) is 4.94. The molecule has 2 heterocycles. The van der Waals surface area contributed by atoms with Gasteiger partial charge < -0.3 is 10.3 Å². The predicted molar refractivity (Wildman–Crippen MR) is 61.8 cm³/mol. The molecule has 17 heavy (non-hydrogen) atoms. The SMILES string of the molecule is Cc1ccc(NC(=O)c2c[nH]c(=O)cn2)nc1. The van der Waals surface area contributed by atoms with Crippen molar-refractivity contribution in [2.75, 3.05) is 5.32 Å². The molecular formula is C11H10N4O2. The normalized spacial score (nSPS) is 9.94. The topological polar surface area (TPSA) is 87.7 Å². The van der Waals surface area contributed by atoms with Crippen molar-refractivity contribution in [3.63, 3.8) is 0 Å². The van der Waals surface area contributed by atoms with E-state index in [-0.39, 0.29) is 11.3 Å². The third kappa shape index (κ3) is 2.75. The fourth-order valence-corrected chi connectivity index (χ4v) is 1.19. The van der Waals surface area contributed by atoms with E-state index in [0.717, 1.165) is 11.8 Å². The lowest BCUT2D eigenvalue weighted by Gasteiger charge is -2.03. The molecule has 2 N–H and O–H groups in total. The number of aromatic nitrogens is 3. The van der Waals surface area contributed by atoms with E-state index in [1.165, 1.54) is 6.20 Å². The second kappa shape index (κ2) is 4.56. The number of amides is 1. The highest BCUT2D eigenvalue weighted by atomic mass is 16.2. The highest BCUT2D eigenvalue weighted by molar-refractivity contribution is 6.01. The van der Waals surface area contributed by atoms with Gasteiger partial charge in [-0.2, -0.15) is 0 Å². The van der Waals surface area contributed by atoms with Crippen LogP contribution in [0.1, 0.15) is 16.1 Å². The van der Waals surface area contributed by atoms with Gasteiger partial charge in [-0.15, -0.1) is 0 Å². The quantitative estimate of drug-likeness (QED) is 0.795. The molecule has 0 saturated heterocycles. The summed E-state index contributed by atoms with van der Waals surface area (Å²) in [5.74, 6) is 0.0196. The largest absolute Gasteiger partial charge is 0.325 e. The van der Waals surface area contributed by atoms with Gasteiger partial charge in [0.25, 0.3) is 11.5 Å². The summed E-state index contributed by atoms with van der Waals surface area (Å²) in [6.45, 7) is 1.90. The maximum atomic E-state index is 11.7. The van der Waals surface area contributed by atoms with E-state index in [2.05, 4.69) is 20.3 Å². The predicted octanol–water partition coefficient (Wildman–Crippen LogP) is 0.726. The Morgan fingerprint density at radius 3 is 2.71 bits per heavy atom. The number of rotatable bonds is 2. The molecule has 2 aromatic heterocycles. The van der Waals surface area contributed by atoms with E-state index in [1.54, 1.807) is 12.3 Å². The summed E-state index contributed by atoms with van der Waals surface area (Å²) in [6, 6.07) is 3.53. The highest BCUT2D eigenvalue weighted by Crippen LogP contribution is 2.05. The molecule has 6 heteroatoms. The van der Waals surface area contributed by atoms with Crippen LogP contribution in [0.4, 0.5) is 5.82 Å². The lowest BCUT2D eigenvalue weighted by atomic mass is 10.3. The second-order valence-electron chi connectivity index (χ2n) is 3.47. The molecule has 0 atom stereocenters. The van der Waals surface area contributed by atoms with Gasteiger partial charge in [-0.3, -0.25) is 9.59 Å². The van der Waals surface area contributed by atoms with Gasteiger partial charge in [-0.25, -0.2) is 9.97 Å². The zero-order chi connectivity index (χ0) is 12.3. The molecule has 1 amide bonds. The highest BCUT2D eigenvalue weighted by Gasteiger charge is 2.07. The number of hydrogen-bond acceptors (Lipinski definition) is 4. The Morgan fingerprint density at radius 1 is 1.29 bits per heavy atom. The summed E-state index contributed by atoms with van der Waals surface area (Å²) in [4.78, 5) is 32.6. The first-order chi connectivity index (χ1) is 8.15. The van der Waals surface area contributed by atoms with Gasteiger partial charge in [0.2, 0.25) is 0 Å². The molecule has 0 radical (unpaired) electrons. The summed E-state index contributed by atoms with van der Waals surface area (Å²) >= 11 is 0. The van der Waals surface area contributed by atoms with Crippen LogP contribution in [0.25, 0.3) is 0 Å². The summed E-state index contributed by atoms with van der Waals surface area (Å²) < 4.78 is 0. The van der Waals surface area contributed by atoms with E-state index in [9.17, 15) is 9.59 Å². The first kappa shape index (κ1) is 11.0. The van der Waals surface area contributed by atoms with Crippen LogP contribution in [0, 0.1) is 6.92 Å². The van der Waals surface area contributed by atoms with Crippen molar-refractivity contribution in [1.82, 2.24) is 15.0 Å². The molecule has 0 aliphatic rings. The average molecular weight is 230 g/mol. The van der Waals surface area contributed by atoms with Gasteiger partial charge in [0.15, 0.2) is 0 Å². The summed E-state index contributed by atoms with van der Waals surface area (Å²) in [5, 5.41) is 2.57. The number of H-pyrrole nitrogens is 1. The molecule has 0 unspecified atom stereocenters. The molecule has 0 aromatic carbocycles. The number of aryl methyl sites for hydroxylation is 1. The van der Waals surface area contributed by atoms with Gasteiger partial charge in [0.05, 0.1) is 6.20 Å². The summed E-state index contributed by atoms with van der Waals surface area (Å²) in [5.41, 5.74) is 0.784. The van der Waals surface area contributed by atoms with Crippen molar-refractivity contribution in [2.45, 2.75) is 6.92 Å². The fraction of sp³-hybridized carbons (Fsp3) is 0.0909. The van der Waals surface area contributed by atoms with Crippen molar-refractivity contribution in [2.24, 2.45) is 0 Å². The van der Waals surface area contributed by atoms with Gasteiger partial charge in [0.1, 0.15) is 11.5 Å². The van der Waals surface area contributed by atoms with Gasteiger partial charge in [-0.05, 0) is 18.6 Å². The van der Waals surface area contributed by atoms with Crippen LogP contribution in [0.3, 0.4) is 0 Å². The Labute approximate surface area is 96.8 Å². The van der Waals surface area contributed by atoms with Crippen LogP contribution in [0.2, 0.25) is 0 Å². The molecule has 0 bridgehead atoms. The molecule has 0 aliphatic heterocycles. The van der Waals surface area contributed by atoms with Crippen molar-refractivity contribution >= 4 is 11.7 Å². The van der Waals surface area contributed by atoms with Crippen LogP contribution in [0.5, 0.6) is 0 Å². The molecule has 6 nitrogen and oxygen atoms in total. The van der Waals surface area contributed by atoms with Crippen LogP contribution < -0.4 is 10.9 Å². The fourth-order valence-electron chi connectivity index (χ4n) is 1.19. The molecular weight excluding hydrogens is 220 g/mol. The maximum Gasteiger partial charge on any atom is 0.276 e. The van der Waals surface area contributed by atoms with Gasteiger partial charge in [0, 0.05) is 12.4 Å². The lowest BCUT2D eigenvalue weighted by molar-refractivity contribution is 0.102. The molecule has 2 aromatic rings. The number of pyridine rings is 1. The average Bonchev–Trinajstić information content (AvgIpc) is 2.33. The minimum absolute atomic E-state index is 0.131. The number of carbonyl (C=O) groups is 1. The number of aromatic amines is 1. The van der Waals surface area contributed by atoms with Crippen LogP contribution in [-0.4, -0.2) is 20.9 Å². The smallest absolute Gasteiger partial charge is 0.276 e. The van der Waals surface area contributed by atoms with E-state index in [1.807, 2.05) is 13.0 Å². The van der Waals surface area contributed by atoms with Crippen molar-refractivity contribution in [3.05, 3.63) is 52.3 Å². The molecule has 0 spiro atoms. The monoisotopic (exact) mass is 230 g/mol. The zero-order valence-electron chi connectivity index (χ0n) is 9.10. The molecule has 2 rings (SSSR count). The minimum atomic E-state index is -0.419. The van der Waals surface area contributed by atoms with E-state index in [4.69, 9.17) is 0 Å². The zero-order valence-corrected chi connectivity index (χ0v) is 9.10. The Bertz CT molecular complexity index is 569. The minimum Gasteiger partial charge on any atom is -0.325 e. The third-order valence-electron chi connectivity index (χ3n) is 2.06. The number of nitrogens with zero attached hydrogens (tertiary/aromatic N) is 2. The van der Waals surface area contributed by atoms with Crippen molar-refractivity contribution in [1.29, 1.82) is 0 Å². The van der Waals surface area contributed by atoms with Crippen molar-refractivity contribution < 1.29 is 4.79 Å². The standard InChI is InChI=1S/C11H10N4O2/c1-7-2-3-9(13-4-7)15-11(17)8-5-14-10(16)6-12-8/h2-6H,1H3,(H,14,16)(H,13,15,17). The Balaban J connectivity index is 2.14. The second-order valence-corrected chi connectivity index (χ2v) is 3.47. The van der Waals surface area contributed by atoms with Crippen LogP contribution >= 0.6 is 0 Å². The van der Waals surface area contributed by atoms with E-state index >= 15 is 0 Å². The maximum absolute atomic E-state index is 11.7. The summed E-state index contributed by atoms with van der Waals surface area (Å²) in [7, 11) is 0. The molecule has 0 fully saturated rings. The summed E-state index contributed by atoms with van der Waals surface area (Å²) in [6.07, 6.45) is 3.96. The Hall–Kier alpha value is -2.50. The van der Waals surface area contributed by atoms with Crippen molar-refractivity contribution in [3.8, 4) is 0 Å². The number of hydrogen-bond donors (Lipinski definition) is 2. The van der Waals surface area contributed by atoms with E-state index in [0.29, 0.717) is 5.82 Å². The van der Waals surface area contributed by atoms with Gasteiger partial charge in [-0.1, -0.05) is 6.07 Å². The molecule has 86 valence electrons. The number of carbonyl (C=O) groups excluding carboxylic acids is 1. The van der Waals surface area contributed by atoms with Crippen LogP contribution in [0.15, 0.2) is 35.5 Å².